The van der Waals surface area contributed by atoms with E-state index in [1.807, 2.05) is 37.1 Å². The number of aromatic nitrogens is 2. The molecule has 0 bridgehead atoms. The Morgan fingerprint density at radius 3 is 2.96 bits per heavy atom. The fourth-order valence-electron chi connectivity index (χ4n) is 2.82. The Balaban J connectivity index is 1.82. The fraction of sp³-hybridized carbons (Fsp3) is 0.471. The topological polar surface area (TPSA) is 67.4 Å². The van der Waals surface area contributed by atoms with Gasteiger partial charge in [0.25, 0.3) is 0 Å². The van der Waals surface area contributed by atoms with Crippen LogP contribution in [0.25, 0.3) is 0 Å². The molecular formula is C17H22N4O2S. The van der Waals surface area contributed by atoms with Crippen molar-refractivity contribution in [2.24, 2.45) is 0 Å². The molecular weight excluding hydrogens is 324 g/mol. The van der Waals surface area contributed by atoms with Crippen molar-refractivity contribution in [1.82, 2.24) is 14.9 Å². The zero-order valence-corrected chi connectivity index (χ0v) is 15.0. The highest BCUT2D eigenvalue weighted by Gasteiger charge is 2.31. The first-order valence-corrected chi connectivity index (χ1v) is 8.84. The smallest absolute Gasteiger partial charge is 0.228 e. The van der Waals surface area contributed by atoms with Crippen LogP contribution in [0.1, 0.15) is 27.3 Å². The van der Waals surface area contributed by atoms with Gasteiger partial charge in [0.05, 0.1) is 19.6 Å². The molecule has 128 valence electrons. The lowest BCUT2D eigenvalue weighted by molar-refractivity contribution is -0.139. The molecule has 6 nitrogen and oxygen atoms in total. The Morgan fingerprint density at radius 1 is 1.42 bits per heavy atom. The van der Waals surface area contributed by atoms with E-state index in [1.165, 1.54) is 4.88 Å². The maximum atomic E-state index is 12.8. The first-order chi connectivity index (χ1) is 11.6. The molecule has 24 heavy (non-hydrogen) atoms. The number of aryl methyl sites for hydroxylation is 2. The van der Waals surface area contributed by atoms with Gasteiger partial charge >= 0.3 is 0 Å². The van der Waals surface area contributed by atoms with Gasteiger partial charge in [-0.3, -0.25) is 4.79 Å². The SMILES string of the molecule is CNc1cc(C)nc([C@@H]2COCCN2C(=O)Cc2ccc(C)s2)n1. The van der Waals surface area contributed by atoms with Gasteiger partial charge in [0.15, 0.2) is 5.82 Å². The highest BCUT2D eigenvalue weighted by atomic mass is 32.1. The summed E-state index contributed by atoms with van der Waals surface area (Å²) in [6, 6.07) is 5.72. The predicted octanol–water partition coefficient (Wildman–Crippen LogP) is 2.34. The predicted molar refractivity (Wildman–Crippen MR) is 94.3 cm³/mol. The average molecular weight is 346 g/mol. The van der Waals surface area contributed by atoms with Crippen molar-refractivity contribution in [3.8, 4) is 0 Å². The molecule has 2 aromatic rings. The Bertz CT molecular complexity index is 731. The van der Waals surface area contributed by atoms with Crippen LogP contribution in [-0.4, -0.2) is 47.6 Å². The molecule has 0 spiro atoms. The first-order valence-electron chi connectivity index (χ1n) is 8.02. The second-order valence-corrected chi connectivity index (χ2v) is 7.24. The van der Waals surface area contributed by atoms with Gasteiger partial charge in [-0.25, -0.2) is 9.97 Å². The lowest BCUT2D eigenvalue weighted by atomic mass is 10.1. The molecule has 0 radical (unpaired) electrons. The third-order valence-electron chi connectivity index (χ3n) is 4.00. The molecule has 3 rings (SSSR count). The van der Waals surface area contributed by atoms with Crippen LogP contribution >= 0.6 is 11.3 Å². The molecule has 1 saturated heterocycles. The molecule has 0 unspecified atom stereocenters. The number of amides is 1. The number of nitrogens with one attached hydrogen (secondary N) is 1. The van der Waals surface area contributed by atoms with E-state index < -0.39 is 0 Å². The van der Waals surface area contributed by atoms with E-state index in [1.54, 1.807) is 11.3 Å². The summed E-state index contributed by atoms with van der Waals surface area (Å²) in [7, 11) is 1.82. The van der Waals surface area contributed by atoms with Crippen molar-refractivity contribution in [2.75, 3.05) is 32.1 Å². The van der Waals surface area contributed by atoms with Gasteiger partial charge in [0.2, 0.25) is 5.91 Å². The molecule has 0 aliphatic carbocycles. The Hall–Kier alpha value is -1.99. The number of ether oxygens (including phenoxy) is 1. The van der Waals surface area contributed by atoms with E-state index in [4.69, 9.17) is 4.74 Å². The highest BCUT2D eigenvalue weighted by Crippen LogP contribution is 2.25. The summed E-state index contributed by atoms with van der Waals surface area (Å²) >= 11 is 1.67. The van der Waals surface area contributed by atoms with Gasteiger partial charge in [0.1, 0.15) is 11.9 Å². The van der Waals surface area contributed by atoms with Gasteiger partial charge in [-0.05, 0) is 26.0 Å². The van der Waals surface area contributed by atoms with E-state index in [0.29, 0.717) is 32.0 Å². The van der Waals surface area contributed by atoms with Crippen LogP contribution in [0.2, 0.25) is 0 Å². The summed E-state index contributed by atoms with van der Waals surface area (Å²) in [5.74, 6) is 1.49. The van der Waals surface area contributed by atoms with Gasteiger partial charge in [-0.2, -0.15) is 0 Å². The van der Waals surface area contributed by atoms with Crippen molar-refractivity contribution >= 4 is 23.1 Å². The van der Waals surface area contributed by atoms with Crippen molar-refractivity contribution < 1.29 is 9.53 Å². The maximum absolute atomic E-state index is 12.8. The number of hydrogen-bond acceptors (Lipinski definition) is 6. The Kier molecular flexibility index (Phi) is 5.11. The van der Waals surface area contributed by atoms with E-state index in [9.17, 15) is 4.79 Å². The number of hydrogen-bond donors (Lipinski definition) is 1. The van der Waals surface area contributed by atoms with Crippen molar-refractivity contribution in [2.45, 2.75) is 26.3 Å². The molecule has 2 aromatic heterocycles. The number of nitrogens with zero attached hydrogens (tertiary/aromatic N) is 3. The van der Waals surface area contributed by atoms with E-state index >= 15 is 0 Å². The van der Waals surface area contributed by atoms with Crippen LogP contribution in [0.5, 0.6) is 0 Å². The Labute approximate surface area is 145 Å². The quantitative estimate of drug-likeness (QED) is 0.920. The van der Waals surface area contributed by atoms with Crippen LogP contribution < -0.4 is 5.32 Å². The average Bonchev–Trinajstić information content (AvgIpc) is 2.99. The summed E-state index contributed by atoms with van der Waals surface area (Å²) in [6.45, 7) is 5.53. The molecule has 7 heteroatoms. The van der Waals surface area contributed by atoms with Gasteiger partial charge in [-0.1, -0.05) is 0 Å². The van der Waals surface area contributed by atoms with Crippen molar-refractivity contribution in [1.29, 1.82) is 0 Å². The molecule has 1 aliphatic heterocycles. The number of anilines is 1. The molecule has 0 saturated carbocycles. The van der Waals surface area contributed by atoms with Crippen LogP contribution in [0, 0.1) is 13.8 Å². The second kappa shape index (κ2) is 7.27. The van der Waals surface area contributed by atoms with Crippen LogP contribution in [-0.2, 0) is 16.0 Å². The molecule has 1 amide bonds. The number of morpholine rings is 1. The summed E-state index contributed by atoms with van der Waals surface area (Å²) in [5, 5.41) is 3.04. The molecule has 3 heterocycles. The summed E-state index contributed by atoms with van der Waals surface area (Å²) in [4.78, 5) is 26.0. The monoisotopic (exact) mass is 346 g/mol. The van der Waals surface area contributed by atoms with Gasteiger partial charge in [0, 0.05) is 35.1 Å². The number of rotatable bonds is 4. The lowest BCUT2D eigenvalue weighted by Gasteiger charge is -2.34. The minimum Gasteiger partial charge on any atom is -0.377 e. The third kappa shape index (κ3) is 3.73. The largest absolute Gasteiger partial charge is 0.377 e. The van der Waals surface area contributed by atoms with E-state index in [0.717, 1.165) is 16.4 Å². The lowest BCUT2D eigenvalue weighted by Crippen LogP contribution is -2.44. The minimum absolute atomic E-state index is 0.0984. The molecule has 1 fully saturated rings. The molecule has 1 atom stereocenters. The van der Waals surface area contributed by atoms with E-state index in [2.05, 4.69) is 22.2 Å². The number of carbonyl (C=O) groups excluding carboxylic acids is 1. The first kappa shape index (κ1) is 16.9. The number of carbonyl (C=O) groups is 1. The van der Waals surface area contributed by atoms with Gasteiger partial charge in [-0.15, -0.1) is 11.3 Å². The Morgan fingerprint density at radius 2 is 2.25 bits per heavy atom. The third-order valence-corrected chi connectivity index (χ3v) is 5.00. The zero-order valence-electron chi connectivity index (χ0n) is 14.2. The molecule has 1 aliphatic rings. The van der Waals surface area contributed by atoms with Gasteiger partial charge < -0.3 is 15.0 Å². The second-order valence-electron chi connectivity index (χ2n) is 5.87. The normalized spacial score (nSPS) is 17.8. The van der Waals surface area contributed by atoms with Crippen molar-refractivity contribution in [3.63, 3.8) is 0 Å². The van der Waals surface area contributed by atoms with E-state index in [-0.39, 0.29) is 11.9 Å². The maximum Gasteiger partial charge on any atom is 0.228 e. The summed E-state index contributed by atoms with van der Waals surface area (Å²) < 4.78 is 5.59. The summed E-state index contributed by atoms with van der Waals surface area (Å²) in [5.41, 5.74) is 0.871. The minimum atomic E-state index is -0.237. The van der Waals surface area contributed by atoms with Crippen molar-refractivity contribution in [3.05, 3.63) is 39.5 Å². The summed E-state index contributed by atoms with van der Waals surface area (Å²) in [6.07, 6.45) is 0.416. The zero-order chi connectivity index (χ0) is 17.1. The fourth-order valence-corrected chi connectivity index (χ4v) is 3.70. The van der Waals surface area contributed by atoms with Crippen LogP contribution in [0.4, 0.5) is 5.82 Å². The molecule has 1 N–H and O–H groups in total. The molecule has 0 aromatic carbocycles. The number of thiophene rings is 1. The highest BCUT2D eigenvalue weighted by molar-refractivity contribution is 7.12. The van der Waals surface area contributed by atoms with Crippen LogP contribution in [0.15, 0.2) is 18.2 Å². The van der Waals surface area contributed by atoms with Crippen LogP contribution in [0.3, 0.4) is 0 Å². The standard InChI is InChI=1S/C17H22N4O2S/c1-11-8-15(18-3)20-17(19-11)14-10-23-7-6-21(14)16(22)9-13-5-4-12(2)24-13/h4-5,8,14H,6-7,9-10H2,1-3H3,(H,18,19,20)/t14-/m0/s1.